The number of ether oxygens (including phenoxy) is 1. The van der Waals surface area contributed by atoms with Gasteiger partial charge in [-0.15, -0.1) is 0 Å². The molecule has 0 bridgehead atoms. The number of likely N-dealkylation sites (N-methyl/N-ethyl adjacent to an activating group) is 1. The fourth-order valence-corrected chi connectivity index (χ4v) is 3.95. The van der Waals surface area contributed by atoms with Gasteiger partial charge in [0.15, 0.2) is 0 Å². The fourth-order valence-electron chi connectivity index (χ4n) is 3.95. The molecule has 1 heterocycles. The molecule has 6 nitrogen and oxygen atoms in total. The van der Waals surface area contributed by atoms with Gasteiger partial charge in [0.05, 0.1) is 5.71 Å². The summed E-state index contributed by atoms with van der Waals surface area (Å²) < 4.78 is 33.8. The highest BCUT2D eigenvalue weighted by Crippen LogP contribution is 2.27. The van der Waals surface area contributed by atoms with E-state index in [0.29, 0.717) is 25.3 Å². The van der Waals surface area contributed by atoms with Crippen molar-refractivity contribution in [2.75, 3.05) is 13.6 Å². The van der Waals surface area contributed by atoms with Crippen molar-refractivity contribution in [2.24, 2.45) is 11.1 Å². The maximum absolute atomic E-state index is 14.5. The lowest BCUT2D eigenvalue weighted by Crippen LogP contribution is -2.46. The Kier molecular flexibility index (Phi) is 8.74. The molecule has 1 aromatic carbocycles. The number of carbonyl (C=O) groups is 1. The van der Waals surface area contributed by atoms with E-state index < -0.39 is 12.0 Å². The number of nitrogens with zero attached hydrogens (tertiary/aromatic N) is 3. The molecule has 1 aliphatic rings. The number of rotatable bonds is 10. The Morgan fingerprint density at radius 1 is 1.12 bits per heavy atom. The van der Waals surface area contributed by atoms with Gasteiger partial charge >= 0.3 is 12.0 Å². The van der Waals surface area contributed by atoms with E-state index in [9.17, 15) is 13.6 Å². The third kappa shape index (κ3) is 7.23. The van der Waals surface area contributed by atoms with Crippen molar-refractivity contribution in [3.63, 3.8) is 0 Å². The first-order chi connectivity index (χ1) is 15.9. The van der Waals surface area contributed by atoms with E-state index >= 15 is 0 Å². The Balaban J connectivity index is 1.57. The second kappa shape index (κ2) is 11.7. The smallest absolute Gasteiger partial charge is 0.425 e. The molecule has 178 valence electrons. The van der Waals surface area contributed by atoms with E-state index in [0.717, 1.165) is 41.7 Å². The Morgan fingerprint density at radius 3 is 2.42 bits per heavy atom. The van der Waals surface area contributed by atoms with Crippen LogP contribution in [0.25, 0.3) is 0 Å². The summed E-state index contributed by atoms with van der Waals surface area (Å²) >= 11 is 0. The Bertz CT molecular complexity index is 914. The maximum atomic E-state index is 14.5. The van der Waals surface area contributed by atoms with Gasteiger partial charge in [-0.2, -0.15) is 8.78 Å². The van der Waals surface area contributed by atoms with Gasteiger partial charge in [-0.05, 0) is 72.7 Å². The molecule has 0 saturated heterocycles. The van der Waals surface area contributed by atoms with Crippen molar-refractivity contribution in [2.45, 2.75) is 58.2 Å². The van der Waals surface area contributed by atoms with E-state index in [1.54, 1.807) is 24.5 Å². The lowest BCUT2D eigenvalue weighted by atomic mass is 9.89. The van der Waals surface area contributed by atoms with Crippen molar-refractivity contribution in [3.8, 4) is 5.75 Å². The molecule has 3 rings (SSSR count). The number of amides is 1. The van der Waals surface area contributed by atoms with Crippen LogP contribution in [-0.4, -0.2) is 41.2 Å². The first-order valence-corrected chi connectivity index (χ1v) is 11.4. The Labute approximate surface area is 193 Å². The van der Waals surface area contributed by atoms with Crippen LogP contribution in [0.5, 0.6) is 5.75 Å². The highest BCUT2D eigenvalue weighted by molar-refractivity contribution is 6.00. The zero-order valence-corrected chi connectivity index (χ0v) is 19.2. The number of hydrogen-bond donors (Lipinski definition) is 0. The molecule has 2 aromatic rings. The number of carbonyl (C=O) groups excluding carboxylic acids is 1. The number of benzene rings is 1. The van der Waals surface area contributed by atoms with E-state index in [2.05, 4.69) is 10.1 Å². The fraction of sp³-hybridized carbons (Fsp3) is 0.480. The number of alkyl halides is 2. The number of pyridine rings is 1. The zero-order valence-electron chi connectivity index (χ0n) is 19.2. The van der Waals surface area contributed by atoms with Crippen molar-refractivity contribution in [3.05, 3.63) is 59.9 Å². The summed E-state index contributed by atoms with van der Waals surface area (Å²) in [4.78, 5) is 22.8. The molecule has 0 spiro atoms. The molecular weight excluding hydrogens is 428 g/mol. The van der Waals surface area contributed by atoms with Gasteiger partial charge in [0, 0.05) is 26.0 Å². The van der Waals surface area contributed by atoms with Crippen molar-refractivity contribution >= 4 is 11.6 Å². The third-order valence-electron chi connectivity index (χ3n) is 5.78. The molecule has 33 heavy (non-hydrogen) atoms. The van der Waals surface area contributed by atoms with E-state index in [4.69, 9.17) is 9.57 Å². The minimum absolute atomic E-state index is 0.0867. The number of hydrogen-bond acceptors (Lipinski definition) is 5. The van der Waals surface area contributed by atoms with Crippen LogP contribution in [0.15, 0.2) is 53.9 Å². The molecule has 1 aromatic heterocycles. The first kappa shape index (κ1) is 24.6. The zero-order chi connectivity index (χ0) is 23.7. The monoisotopic (exact) mass is 459 g/mol. The third-order valence-corrected chi connectivity index (χ3v) is 5.78. The minimum atomic E-state index is -3.93. The summed E-state index contributed by atoms with van der Waals surface area (Å²) in [5.41, 5.74) is 2.34. The molecule has 0 N–H and O–H groups in total. The van der Waals surface area contributed by atoms with Crippen molar-refractivity contribution in [1.82, 2.24) is 9.88 Å². The number of oxime groups is 1. The van der Waals surface area contributed by atoms with Gasteiger partial charge in [0.2, 0.25) is 0 Å². The average molecular weight is 460 g/mol. The number of halogens is 2. The Hall–Kier alpha value is -3.03. The average Bonchev–Trinajstić information content (AvgIpc) is 2.83. The van der Waals surface area contributed by atoms with E-state index in [1.165, 1.54) is 25.6 Å². The summed E-state index contributed by atoms with van der Waals surface area (Å²) in [6.45, 7) is 2.55. The van der Waals surface area contributed by atoms with Crippen LogP contribution in [0.4, 0.5) is 8.78 Å². The highest BCUT2D eigenvalue weighted by Gasteiger charge is 2.44. The molecule has 0 atom stereocenters. The van der Waals surface area contributed by atoms with Gasteiger partial charge < -0.3 is 14.5 Å². The van der Waals surface area contributed by atoms with Crippen LogP contribution in [0.1, 0.15) is 56.6 Å². The highest BCUT2D eigenvalue weighted by atomic mass is 19.3. The molecule has 0 radical (unpaired) electrons. The molecule has 0 aliphatic heterocycles. The van der Waals surface area contributed by atoms with Crippen molar-refractivity contribution in [1.29, 1.82) is 0 Å². The SMILES string of the molecule is CCC(=NOCc1ccncc1)c1ccc(OC(F)(F)C(=O)N(C)CC2CCCCC2)cc1. The summed E-state index contributed by atoms with van der Waals surface area (Å²) in [5, 5.41) is 4.17. The van der Waals surface area contributed by atoms with Crippen LogP contribution in [0.2, 0.25) is 0 Å². The summed E-state index contributed by atoms with van der Waals surface area (Å²) in [6.07, 6.45) is 5.31. The molecule has 1 amide bonds. The summed E-state index contributed by atoms with van der Waals surface area (Å²) in [6, 6.07) is 9.74. The minimum Gasteiger partial charge on any atom is -0.425 e. The summed E-state index contributed by atoms with van der Waals surface area (Å²) in [7, 11) is 1.41. The van der Waals surface area contributed by atoms with Crippen LogP contribution < -0.4 is 4.74 Å². The largest absolute Gasteiger partial charge is 0.482 e. The van der Waals surface area contributed by atoms with Gasteiger partial charge in [0.25, 0.3) is 0 Å². The molecule has 1 fully saturated rings. The lowest BCUT2D eigenvalue weighted by molar-refractivity contribution is -0.203. The molecule has 1 aliphatic carbocycles. The predicted molar refractivity (Wildman–Crippen MR) is 122 cm³/mol. The lowest BCUT2D eigenvalue weighted by Gasteiger charge is -2.29. The van der Waals surface area contributed by atoms with E-state index in [-0.39, 0.29) is 11.7 Å². The van der Waals surface area contributed by atoms with Gasteiger partial charge in [-0.25, -0.2) is 0 Å². The first-order valence-electron chi connectivity index (χ1n) is 11.4. The van der Waals surface area contributed by atoms with Crippen molar-refractivity contribution < 1.29 is 23.1 Å². The van der Waals surface area contributed by atoms with Crippen LogP contribution in [0.3, 0.4) is 0 Å². The van der Waals surface area contributed by atoms with Gasteiger partial charge in [0.1, 0.15) is 12.4 Å². The molecule has 1 saturated carbocycles. The number of aromatic nitrogens is 1. The van der Waals surface area contributed by atoms with Crippen LogP contribution >= 0.6 is 0 Å². The second-order valence-electron chi connectivity index (χ2n) is 8.35. The van der Waals surface area contributed by atoms with Gasteiger partial charge in [-0.3, -0.25) is 9.78 Å². The van der Waals surface area contributed by atoms with Crippen LogP contribution in [-0.2, 0) is 16.2 Å². The molecule has 0 unspecified atom stereocenters. The molecule has 8 heteroatoms. The maximum Gasteiger partial charge on any atom is 0.482 e. The quantitative estimate of drug-likeness (QED) is 0.351. The standard InChI is InChI=1S/C25H31F2N3O3/c1-3-23(29-32-18-20-13-15-28-16-14-20)21-9-11-22(12-10-21)33-25(26,27)24(31)30(2)17-19-7-5-4-6-8-19/h9-16,19H,3-8,17-18H2,1-2H3. The second-order valence-corrected chi connectivity index (χ2v) is 8.35. The normalized spacial score (nSPS) is 15.2. The molecular formula is C25H31F2N3O3. The van der Waals surface area contributed by atoms with Crippen LogP contribution in [0, 0.1) is 5.92 Å². The summed E-state index contributed by atoms with van der Waals surface area (Å²) in [5.74, 6) is -1.14. The predicted octanol–water partition coefficient (Wildman–Crippen LogP) is 5.42. The van der Waals surface area contributed by atoms with E-state index in [1.807, 2.05) is 19.1 Å². The Morgan fingerprint density at radius 2 is 1.79 bits per heavy atom. The topological polar surface area (TPSA) is 64.0 Å². The van der Waals surface area contributed by atoms with Gasteiger partial charge in [-0.1, -0.05) is 31.3 Å².